The third-order valence-electron chi connectivity index (χ3n) is 2.11. The van der Waals surface area contributed by atoms with Crippen molar-refractivity contribution in [2.45, 2.75) is 0 Å². The van der Waals surface area contributed by atoms with Gasteiger partial charge in [0.15, 0.2) is 0 Å². The number of hydrogen-bond donors (Lipinski definition) is 0. The Labute approximate surface area is 95.8 Å². The molecule has 0 saturated carbocycles. The van der Waals surface area contributed by atoms with Gasteiger partial charge in [0.25, 0.3) is 0 Å². The van der Waals surface area contributed by atoms with Gasteiger partial charge in [-0.25, -0.2) is 0 Å². The SMILES string of the molecule is COc1cc(Cl)c2ccccc2c1Br. The molecule has 0 aliphatic heterocycles. The van der Waals surface area contributed by atoms with Crippen molar-refractivity contribution in [2.24, 2.45) is 0 Å². The van der Waals surface area contributed by atoms with Gasteiger partial charge in [0.1, 0.15) is 5.75 Å². The van der Waals surface area contributed by atoms with Gasteiger partial charge in [-0.2, -0.15) is 0 Å². The summed E-state index contributed by atoms with van der Waals surface area (Å²) in [6, 6.07) is 9.75. The Hall–Kier alpha value is -0.730. The van der Waals surface area contributed by atoms with E-state index < -0.39 is 0 Å². The van der Waals surface area contributed by atoms with E-state index in [1.54, 1.807) is 7.11 Å². The highest BCUT2D eigenvalue weighted by Gasteiger charge is 2.08. The molecule has 0 aliphatic carbocycles. The van der Waals surface area contributed by atoms with Gasteiger partial charge in [0, 0.05) is 16.8 Å². The summed E-state index contributed by atoms with van der Waals surface area (Å²) in [5.41, 5.74) is 0. The number of hydrogen-bond acceptors (Lipinski definition) is 1. The van der Waals surface area contributed by atoms with Crippen LogP contribution in [-0.2, 0) is 0 Å². The van der Waals surface area contributed by atoms with E-state index in [-0.39, 0.29) is 0 Å². The molecule has 14 heavy (non-hydrogen) atoms. The fourth-order valence-corrected chi connectivity index (χ4v) is 2.31. The topological polar surface area (TPSA) is 9.23 Å². The maximum Gasteiger partial charge on any atom is 0.135 e. The number of ether oxygens (including phenoxy) is 1. The van der Waals surface area contributed by atoms with Crippen molar-refractivity contribution in [3.05, 3.63) is 39.8 Å². The van der Waals surface area contributed by atoms with Crippen LogP contribution >= 0.6 is 27.5 Å². The summed E-state index contributed by atoms with van der Waals surface area (Å²) < 4.78 is 6.15. The summed E-state index contributed by atoms with van der Waals surface area (Å²) in [6.45, 7) is 0. The van der Waals surface area contributed by atoms with E-state index in [1.165, 1.54) is 0 Å². The van der Waals surface area contributed by atoms with E-state index in [1.807, 2.05) is 30.3 Å². The lowest BCUT2D eigenvalue weighted by atomic mass is 10.1. The van der Waals surface area contributed by atoms with Crippen LogP contribution in [0.25, 0.3) is 10.8 Å². The molecule has 0 aromatic heterocycles. The first kappa shape index (κ1) is 9.81. The molecule has 0 spiro atoms. The molecule has 0 fully saturated rings. The normalized spacial score (nSPS) is 10.5. The lowest BCUT2D eigenvalue weighted by Gasteiger charge is -2.08. The zero-order chi connectivity index (χ0) is 10.1. The first-order chi connectivity index (χ1) is 6.74. The van der Waals surface area contributed by atoms with E-state index in [0.717, 1.165) is 21.0 Å². The molecule has 0 radical (unpaired) electrons. The van der Waals surface area contributed by atoms with Crippen molar-refractivity contribution >= 4 is 38.3 Å². The summed E-state index contributed by atoms with van der Waals surface area (Å²) in [5.74, 6) is 0.758. The Morgan fingerprint density at radius 2 is 1.86 bits per heavy atom. The number of rotatable bonds is 1. The molecule has 2 rings (SSSR count). The molecule has 72 valence electrons. The van der Waals surface area contributed by atoms with Crippen molar-refractivity contribution in [2.75, 3.05) is 7.11 Å². The molecular weight excluding hydrogens is 263 g/mol. The van der Waals surface area contributed by atoms with Gasteiger partial charge in [-0.15, -0.1) is 0 Å². The smallest absolute Gasteiger partial charge is 0.135 e. The van der Waals surface area contributed by atoms with Crippen molar-refractivity contribution in [1.82, 2.24) is 0 Å². The minimum Gasteiger partial charge on any atom is -0.495 e. The van der Waals surface area contributed by atoms with E-state index in [2.05, 4.69) is 15.9 Å². The van der Waals surface area contributed by atoms with Crippen LogP contribution in [0.5, 0.6) is 5.75 Å². The Morgan fingerprint density at radius 1 is 1.21 bits per heavy atom. The Kier molecular flexibility index (Phi) is 2.66. The highest BCUT2D eigenvalue weighted by Crippen LogP contribution is 2.37. The highest BCUT2D eigenvalue weighted by molar-refractivity contribution is 9.10. The average Bonchev–Trinajstić information content (AvgIpc) is 2.23. The predicted octanol–water partition coefficient (Wildman–Crippen LogP) is 4.26. The van der Waals surface area contributed by atoms with E-state index in [0.29, 0.717) is 5.02 Å². The van der Waals surface area contributed by atoms with Crippen LogP contribution in [-0.4, -0.2) is 7.11 Å². The Balaban J connectivity index is 2.87. The summed E-state index contributed by atoms with van der Waals surface area (Å²) in [5, 5.41) is 2.80. The monoisotopic (exact) mass is 270 g/mol. The van der Waals surface area contributed by atoms with Crippen molar-refractivity contribution in [3.8, 4) is 5.75 Å². The standard InChI is InChI=1S/C11H8BrClO/c1-14-10-6-9(13)7-4-2-3-5-8(7)11(10)12/h2-6H,1H3. The molecule has 0 heterocycles. The van der Waals surface area contributed by atoms with Crippen LogP contribution in [0, 0.1) is 0 Å². The number of benzene rings is 2. The highest BCUT2D eigenvalue weighted by atomic mass is 79.9. The number of fused-ring (bicyclic) bond motifs is 1. The summed E-state index contributed by atoms with van der Waals surface area (Å²) >= 11 is 9.60. The van der Waals surface area contributed by atoms with Crippen LogP contribution in [0.1, 0.15) is 0 Å². The molecule has 0 saturated heterocycles. The minimum absolute atomic E-state index is 0.709. The summed E-state index contributed by atoms with van der Waals surface area (Å²) in [7, 11) is 1.63. The van der Waals surface area contributed by atoms with Gasteiger partial charge in [0.05, 0.1) is 16.6 Å². The van der Waals surface area contributed by atoms with Gasteiger partial charge in [-0.1, -0.05) is 35.9 Å². The molecule has 0 bridgehead atoms. The fourth-order valence-electron chi connectivity index (χ4n) is 1.42. The van der Waals surface area contributed by atoms with Crippen LogP contribution in [0.4, 0.5) is 0 Å². The zero-order valence-corrected chi connectivity index (χ0v) is 9.89. The van der Waals surface area contributed by atoms with Crippen LogP contribution in [0.2, 0.25) is 5.02 Å². The molecule has 0 amide bonds. The molecule has 2 aromatic carbocycles. The lowest BCUT2D eigenvalue weighted by Crippen LogP contribution is -1.86. The van der Waals surface area contributed by atoms with Crippen molar-refractivity contribution < 1.29 is 4.74 Å². The lowest BCUT2D eigenvalue weighted by molar-refractivity contribution is 0.413. The van der Waals surface area contributed by atoms with E-state index >= 15 is 0 Å². The molecule has 0 N–H and O–H groups in total. The molecule has 0 unspecified atom stereocenters. The van der Waals surface area contributed by atoms with E-state index in [4.69, 9.17) is 16.3 Å². The first-order valence-corrected chi connectivity index (χ1v) is 5.32. The zero-order valence-electron chi connectivity index (χ0n) is 7.55. The van der Waals surface area contributed by atoms with Crippen molar-refractivity contribution in [3.63, 3.8) is 0 Å². The van der Waals surface area contributed by atoms with Crippen LogP contribution in [0.3, 0.4) is 0 Å². The Morgan fingerprint density at radius 3 is 2.50 bits per heavy atom. The maximum absolute atomic E-state index is 6.11. The molecule has 3 heteroatoms. The average molecular weight is 272 g/mol. The van der Waals surface area contributed by atoms with Gasteiger partial charge >= 0.3 is 0 Å². The fraction of sp³-hybridized carbons (Fsp3) is 0.0909. The second-order valence-electron chi connectivity index (χ2n) is 2.92. The third kappa shape index (κ3) is 1.49. The second-order valence-corrected chi connectivity index (χ2v) is 4.12. The predicted molar refractivity (Wildman–Crippen MR) is 63.2 cm³/mol. The largest absolute Gasteiger partial charge is 0.495 e. The van der Waals surface area contributed by atoms with Crippen LogP contribution < -0.4 is 4.74 Å². The van der Waals surface area contributed by atoms with Gasteiger partial charge in [-0.05, 0) is 15.9 Å². The molecule has 2 aromatic rings. The Bertz CT molecular complexity index is 482. The second kappa shape index (κ2) is 3.79. The maximum atomic E-state index is 6.11. The van der Waals surface area contributed by atoms with E-state index in [9.17, 15) is 0 Å². The molecule has 1 nitrogen and oxygen atoms in total. The third-order valence-corrected chi connectivity index (χ3v) is 3.25. The quantitative estimate of drug-likeness (QED) is 0.753. The van der Waals surface area contributed by atoms with Gasteiger partial charge in [0.2, 0.25) is 0 Å². The molecular formula is C11H8BrClO. The first-order valence-electron chi connectivity index (χ1n) is 4.15. The number of halogens is 2. The minimum atomic E-state index is 0.709. The number of methoxy groups -OCH3 is 1. The molecule has 0 aliphatic rings. The van der Waals surface area contributed by atoms with Crippen LogP contribution in [0.15, 0.2) is 34.8 Å². The summed E-state index contributed by atoms with van der Waals surface area (Å²) in [6.07, 6.45) is 0. The van der Waals surface area contributed by atoms with Crippen molar-refractivity contribution in [1.29, 1.82) is 0 Å². The van der Waals surface area contributed by atoms with Gasteiger partial charge in [-0.3, -0.25) is 0 Å². The summed E-state index contributed by atoms with van der Waals surface area (Å²) in [4.78, 5) is 0. The van der Waals surface area contributed by atoms with Gasteiger partial charge < -0.3 is 4.74 Å². The molecule has 0 atom stereocenters.